The average molecular weight is 638 g/mol. The summed E-state index contributed by atoms with van der Waals surface area (Å²) in [4.78, 5) is 47.4. The molecule has 0 spiro atoms. The molecule has 10 nitrogen and oxygen atoms in total. The topological polar surface area (TPSA) is 109 Å². The van der Waals surface area contributed by atoms with Gasteiger partial charge in [0.1, 0.15) is 5.75 Å². The monoisotopic (exact) mass is 637 g/mol. The van der Waals surface area contributed by atoms with Crippen molar-refractivity contribution in [2.75, 3.05) is 33.1 Å². The Morgan fingerprint density at radius 2 is 1.76 bits per heavy atom. The molecule has 0 N–H and O–H groups in total. The van der Waals surface area contributed by atoms with Crippen molar-refractivity contribution in [3.05, 3.63) is 115 Å². The van der Waals surface area contributed by atoms with Crippen LogP contribution in [-0.4, -0.2) is 54.4 Å². The van der Waals surface area contributed by atoms with E-state index in [1.54, 1.807) is 41.8 Å². The number of amides is 1. The molecule has 3 aliphatic rings. The average Bonchev–Trinajstić information content (AvgIpc) is 3.85. The molecule has 46 heavy (non-hydrogen) atoms. The highest BCUT2D eigenvalue weighted by molar-refractivity contribution is 7.07. The van der Waals surface area contributed by atoms with Crippen molar-refractivity contribution in [3.8, 4) is 17.2 Å². The summed E-state index contributed by atoms with van der Waals surface area (Å²) in [6, 6.07) is 21.2. The van der Waals surface area contributed by atoms with Gasteiger partial charge in [0.2, 0.25) is 6.79 Å². The Bertz CT molecular complexity index is 2010. The van der Waals surface area contributed by atoms with E-state index in [9.17, 15) is 14.4 Å². The van der Waals surface area contributed by atoms with Gasteiger partial charge in [0.15, 0.2) is 22.9 Å². The van der Waals surface area contributed by atoms with Crippen LogP contribution in [0, 0.1) is 0 Å². The molecule has 1 aromatic heterocycles. The van der Waals surface area contributed by atoms with Gasteiger partial charge in [-0.05, 0) is 61.2 Å². The summed E-state index contributed by atoms with van der Waals surface area (Å²) in [6.07, 6.45) is 3.84. The Morgan fingerprint density at radius 3 is 2.52 bits per heavy atom. The first-order valence-electron chi connectivity index (χ1n) is 15.2. The van der Waals surface area contributed by atoms with Gasteiger partial charge in [-0.25, -0.2) is 9.79 Å². The lowest BCUT2D eigenvalue weighted by molar-refractivity contribution is -0.139. The third-order valence-corrected chi connectivity index (χ3v) is 9.07. The number of hydrogen-bond acceptors (Lipinski definition) is 9. The smallest absolute Gasteiger partial charge is 0.338 e. The molecular weight excluding hydrogens is 606 g/mol. The van der Waals surface area contributed by atoms with Crippen LogP contribution in [0.5, 0.6) is 17.2 Å². The summed E-state index contributed by atoms with van der Waals surface area (Å²) in [6.45, 7) is 3.55. The van der Waals surface area contributed by atoms with Gasteiger partial charge in [-0.2, -0.15) is 0 Å². The molecule has 1 fully saturated rings. The first-order chi connectivity index (χ1) is 22.5. The number of likely N-dealkylation sites (tertiary alicyclic amines) is 1. The zero-order valence-corrected chi connectivity index (χ0v) is 26.0. The number of esters is 1. The van der Waals surface area contributed by atoms with Gasteiger partial charge in [-0.3, -0.25) is 14.2 Å². The van der Waals surface area contributed by atoms with Crippen LogP contribution in [0.15, 0.2) is 88.2 Å². The second kappa shape index (κ2) is 12.7. The van der Waals surface area contributed by atoms with Gasteiger partial charge in [-0.15, -0.1) is 0 Å². The summed E-state index contributed by atoms with van der Waals surface area (Å²) in [5, 5.41) is 0. The molecule has 7 rings (SSSR count). The minimum absolute atomic E-state index is 0.00957. The quantitative estimate of drug-likeness (QED) is 0.272. The molecule has 3 aromatic carbocycles. The zero-order valence-electron chi connectivity index (χ0n) is 25.1. The third-order valence-electron chi connectivity index (χ3n) is 8.08. The second-order valence-corrected chi connectivity index (χ2v) is 12.0. The van der Waals surface area contributed by atoms with Crippen LogP contribution in [-0.2, 0) is 14.3 Å². The molecular formula is C35H31N3O7S. The Labute approximate surface area is 268 Å². The van der Waals surface area contributed by atoms with E-state index in [0.717, 1.165) is 37.1 Å². The van der Waals surface area contributed by atoms with Crippen molar-refractivity contribution in [1.29, 1.82) is 0 Å². The maximum Gasteiger partial charge on any atom is 0.338 e. The summed E-state index contributed by atoms with van der Waals surface area (Å²) in [7, 11) is 0. The highest BCUT2D eigenvalue weighted by Crippen LogP contribution is 2.40. The molecule has 1 saturated heterocycles. The van der Waals surface area contributed by atoms with Crippen LogP contribution in [0.4, 0.5) is 0 Å². The van der Waals surface area contributed by atoms with E-state index in [2.05, 4.69) is 0 Å². The molecule has 0 saturated carbocycles. The van der Waals surface area contributed by atoms with Gasteiger partial charge in [0.25, 0.3) is 11.5 Å². The number of carbonyl (C=O) groups is 2. The van der Waals surface area contributed by atoms with Gasteiger partial charge in [0, 0.05) is 18.7 Å². The summed E-state index contributed by atoms with van der Waals surface area (Å²) in [5.74, 6) is 1.12. The predicted molar refractivity (Wildman–Crippen MR) is 171 cm³/mol. The number of aromatic nitrogens is 1. The fourth-order valence-electron chi connectivity index (χ4n) is 5.85. The number of rotatable bonds is 8. The van der Waals surface area contributed by atoms with Crippen LogP contribution in [0.2, 0.25) is 0 Å². The largest absolute Gasteiger partial charge is 0.484 e. The van der Waals surface area contributed by atoms with E-state index < -0.39 is 12.0 Å². The lowest BCUT2D eigenvalue weighted by Crippen LogP contribution is -2.40. The van der Waals surface area contributed by atoms with E-state index >= 15 is 0 Å². The number of fused-ring (bicyclic) bond motifs is 2. The Hall–Kier alpha value is -5.16. The van der Waals surface area contributed by atoms with Crippen LogP contribution in [0.3, 0.4) is 0 Å². The molecule has 4 heterocycles. The van der Waals surface area contributed by atoms with Gasteiger partial charge < -0.3 is 23.8 Å². The van der Waals surface area contributed by atoms with E-state index in [0.29, 0.717) is 37.8 Å². The summed E-state index contributed by atoms with van der Waals surface area (Å²) < 4.78 is 24.4. The second-order valence-electron chi connectivity index (χ2n) is 11.0. The number of nitrogens with zero attached hydrogens (tertiary/aromatic N) is 3. The van der Waals surface area contributed by atoms with E-state index in [1.807, 2.05) is 53.4 Å². The lowest BCUT2D eigenvalue weighted by atomic mass is 9.93. The van der Waals surface area contributed by atoms with Crippen LogP contribution >= 0.6 is 11.3 Å². The van der Waals surface area contributed by atoms with Crippen LogP contribution in [0.25, 0.3) is 11.8 Å². The molecule has 0 bridgehead atoms. The minimum atomic E-state index is -0.828. The summed E-state index contributed by atoms with van der Waals surface area (Å²) in [5.41, 5.74) is 2.57. The zero-order chi connectivity index (χ0) is 31.6. The normalized spacial score (nSPS) is 17.1. The fourth-order valence-corrected chi connectivity index (χ4v) is 6.85. The molecule has 11 heteroatoms. The Balaban J connectivity index is 1.30. The van der Waals surface area contributed by atoms with Crippen molar-refractivity contribution < 1.29 is 28.5 Å². The fraction of sp³-hybridized carbons (Fsp3) is 0.257. The molecule has 1 amide bonds. The number of carbonyl (C=O) groups excluding carboxylic acids is 2. The maximum absolute atomic E-state index is 14.2. The molecule has 0 radical (unpaired) electrons. The van der Waals surface area contributed by atoms with E-state index in [1.165, 1.54) is 11.3 Å². The molecule has 0 aliphatic carbocycles. The van der Waals surface area contributed by atoms with E-state index in [4.69, 9.17) is 23.9 Å². The van der Waals surface area contributed by atoms with Crippen molar-refractivity contribution in [1.82, 2.24) is 9.47 Å². The first-order valence-corrected chi connectivity index (χ1v) is 16.0. The molecule has 4 aromatic rings. The van der Waals surface area contributed by atoms with Gasteiger partial charge in [-0.1, -0.05) is 59.9 Å². The van der Waals surface area contributed by atoms with Crippen molar-refractivity contribution in [3.63, 3.8) is 0 Å². The van der Waals surface area contributed by atoms with Crippen LogP contribution in [0.1, 0.15) is 42.5 Å². The highest BCUT2D eigenvalue weighted by atomic mass is 32.1. The number of hydrogen-bond donors (Lipinski definition) is 0. The Morgan fingerprint density at radius 1 is 1.00 bits per heavy atom. The Kier molecular flexibility index (Phi) is 8.15. The SMILES string of the molecule is CCOC(=O)C1=C(c2ccccc2)N=c2s/c(=C/c3ccc(OCC(=O)N4CCCC4)cc3)c(=O)n2[C@@H]1c1ccc2c(c1)OCO2. The molecule has 1 atom stereocenters. The predicted octanol–water partition coefficient (Wildman–Crippen LogP) is 3.67. The summed E-state index contributed by atoms with van der Waals surface area (Å²) >= 11 is 1.24. The highest BCUT2D eigenvalue weighted by Gasteiger charge is 2.36. The van der Waals surface area contributed by atoms with Gasteiger partial charge >= 0.3 is 5.97 Å². The van der Waals surface area contributed by atoms with Gasteiger partial charge in [0.05, 0.1) is 28.5 Å². The molecule has 3 aliphatic heterocycles. The lowest BCUT2D eigenvalue weighted by Gasteiger charge is -2.26. The molecule has 0 unspecified atom stereocenters. The van der Waals surface area contributed by atoms with Crippen molar-refractivity contribution >= 4 is 35.0 Å². The number of ether oxygens (including phenoxy) is 4. The van der Waals surface area contributed by atoms with Crippen LogP contribution < -0.4 is 29.1 Å². The standard InChI is InChI=1S/C35H31N3O7S/c1-2-42-34(41)30-31(23-8-4-3-5-9-23)36-35-38(32(30)24-12-15-26-27(19-24)45-21-44-26)33(40)28(46-35)18-22-10-13-25(14-11-22)43-20-29(39)37-16-6-7-17-37/h3-5,8-15,18-19,32H,2,6-7,16-17,20-21H2,1H3/b28-18+/t32-/m1/s1. The maximum atomic E-state index is 14.2. The molecule has 234 valence electrons. The number of thiazole rings is 1. The van der Waals surface area contributed by atoms with E-state index in [-0.39, 0.29) is 37.0 Å². The minimum Gasteiger partial charge on any atom is -0.484 e. The van der Waals surface area contributed by atoms with Crippen molar-refractivity contribution in [2.45, 2.75) is 25.8 Å². The third kappa shape index (κ3) is 5.69. The first kappa shape index (κ1) is 29.5. The number of benzene rings is 3. The van der Waals surface area contributed by atoms with Crippen molar-refractivity contribution in [2.24, 2.45) is 4.99 Å².